The Morgan fingerprint density at radius 3 is 2.36 bits per heavy atom. The van der Waals surface area contributed by atoms with Crippen molar-refractivity contribution in [2.24, 2.45) is 5.73 Å². The summed E-state index contributed by atoms with van der Waals surface area (Å²) in [5.74, 6) is -0.663. The molecule has 1 heterocycles. The molecule has 0 aliphatic carbocycles. The molecule has 0 saturated carbocycles. The summed E-state index contributed by atoms with van der Waals surface area (Å²) in [4.78, 5) is 25.6. The van der Waals surface area contributed by atoms with Crippen molar-refractivity contribution >= 4 is 28.2 Å². The largest absolute Gasteiger partial charge is 0.366 e. The number of nitrogens with zero attached hydrogens (tertiary/aromatic N) is 1. The SMILES string of the molecule is CN(CCC(=O)Nc1sccc1C(N)=O)Cc1ccc(-c2ccccc2)cc1. The third-order valence-electron chi connectivity index (χ3n) is 4.42. The van der Waals surface area contributed by atoms with Crippen LogP contribution in [0.15, 0.2) is 66.0 Å². The average molecular weight is 394 g/mol. The number of primary amides is 1. The molecule has 0 spiro atoms. The molecule has 0 aliphatic rings. The summed E-state index contributed by atoms with van der Waals surface area (Å²) in [6.07, 6.45) is 0.342. The second-order valence-electron chi connectivity index (χ2n) is 6.63. The maximum atomic E-state index is 12.2. The van der Waals surface area contributed by atoms with Gasteiger partial charge in [-0.1, -0.05) is 54.6 Å². The Kier molecular flexibility index (Phi) is 6.57. The van der Waals surface area contributed by atoms with Crippen molar-refractivity contribution in [2.75, 3.05) is 18.9 Å². The summed E-state index contributed by atoms with van der Waals surface area (Å²) < 4.78 is 0. The van der Waals surface area contributed by atoms with Crippen molar-refractivity contribution in [2.45, 2.75) is 13.0 Å². The van der Waals surface area contributed by atoms with Crippen LogP contribution in [0.4, 0.5) is 5.00 Å². The van der Waals surface area contributed by atoms with Crippen molar-refractivity contribution in [3.05, 3.63) is 77.2 Å². The predicted octanol–water partition coefficient (Wildman–Crippen LogP) is 3.97. The fourth-order valence-corrected chi connectivity index (χ4v) is 3.71. The second-order valence-corrected chi connectivity index (χ2v) is 7.54. The Bertz CT molecular complexity index is 936. The standard InChI is InChI=1S/C22H23N3O2S/c1-25(13-11-20(26)24-22-19(21(23)27)12-14-28-22)15-16-7-9-18(10-8-16)17-5-3-2-4-6-17/h2-10,12,14H,11,13,15H2,1H3,(H2,23,27)(H,24,26). The number of nitrogens with one attached hydrogen (secondary N) is 1. The van der Waals surface area contributed by atoms with Gasteiger partial charge in [0.1, 0.15) is 5.00 Å². The lowest BCUT2D eigenvalue weighted by Crippen LogP contribution is -2.24. The van der Waals surface area contributed by atoms with E-state index in [0.717, 1.165) is 6.54 Å². The summed E-state index contributed by atoms with van der Waals surface area (Å²) >= 11 is 1.30. The minimum absolute atomic E-state index is 0.128. The zero-order valence-corrected chi connectivity index (χ0v) is 16.5. The van der Waals surface area contributed by atoms with Crippen molar-refractivity contribution in [3.8, 4) is 11.1 Å². The van der Waals surface area contributed by atoms with Gasteiger partial charge in [-0.05, 0) is 35.2 Å². The first-order valence-corrected chi connectivity index (χ1v) is 9.91. The number of thiophene rings is 1. The molecule has 0 fully saturated rings. The minimum atomic E-state index is -0.535. The molecular weight excluding hydrogens is 370 g/mol. The molecule has 6 heteroatoms. The fourth-order valence-electron chi connectivity index (χ4n) is 2.91. The first-order valence-electron chi connectivity index (χ1n) is 9.03. The van der Waals surface area contributed by atoms with Crippen LogP contribution in [-0.4, -0.2) is 30.3 Å². The Hall–Kier alpha value is -2.96. The summed E-state index contributed by atoms with van der Waals surface area (Å²) in [6, 6.07) is 20.3. The molecule has 0 unspecified atom stereocenters. The number of amides is 2. The van der Waals surface area contributed by atoms with Gasteiger partial charge in [0.05, 0.1) is 5.56 Å². The van der Waals surface area contributed by atoms with E-state index in [1.54, 1.807) is 11.4 Å². The molecule has 3 N–H and O–H groups in total. The quantitative estimate of drug-likeness (QED) is 0.608. The monoisotopic (exact) mass is 393 g/mol. The topological polar surface area (TPSA) is 75.4 Å². The van der Waals surface area contributed by atoms with E-state index in [2.05, 4.69) is 46.6 Å². The smallest absolute Gasteiger partial charge is 0.251 e. The van der Waals surface area contributed by atoms with Crippen molar-refractivity contribution in [1.82, 2.24) is 4.90 Å². The Morgan fingerprint density at radius 2 is 1.68 bits per heavy atom. The number of hydrogen-bond acceptors (Lipinski definition) is 4. The molecule has 28 heavy (non-hydrogen) atoms. The molecule has 2 aromatic carbocycles. The summed E-state index contributed by atoms with van der Waals surface area (Å²) in [5, 5.41) is 5.02. The lowest BCUT2D eigenvalue weighted by Gasteiger charge is -2.16. The van der Waals surface area contributed by atoms with Crippen LogP contribution in [-0.2, 0) is 11.3 Å². The van der Waals surface area contributed by atoms with E-state index in [-0.39, 0.29) is 5.91 Å². The molecule has 0 bridgehead atoms. The molecule has 0 radical (unpaired) electrons. The second kappa shape index (κ2) is 9.30. The molecule has 5 nitrogen and oxygen atoms in total. The van der Waals surface area contributed by atoms with Crippen LogP contribution in [0.3, 0.4) is 0 Å². The summed E-state index contributed by atoms with van der Waals surface area (Å²) in [7, 11) is 1.98. The highest BCUT2D eigenvalue weighted by atomic mass is 32.1. The van der Waals surface area contributed by atoms with E-state index in [9.17, 15) is 9.59 Å². The molecule has 0 aliphatic heterocycles. The molecule has 0 atom stereocenters. The summed E-state index contributed by atoms with van der Waals surface area (Å²) in [6.45, 7) is 1.37. The third-order valence-corrected chi connectivity index (χ3v) is 5.25. The molecule has 144 valence electrons. The van der Waals surface area contributed by atoms with Crippen LogP contribution < -0.4 is 11.1 Å². The maximum Gasteiger partial charge on any atom is 0.251 e. The maximum absolute atomic E-state index is 12.2. The lowest BCUT2D eigenvalue weighted by molar-refractivity contribution is -0.116. The number of anilines is 1. The Morgan fingerprint density at radius 1 is 1.00 bits per heavy atom. The highest BCUT2D eigenvalue weighted by Gasteiger charge is 2.13. The van der Waals surface area contributed by atoms with E-state index < -0.39 is 5.91 Å². The number of hydrogen-bond donors (Lipinski definition) is 2. The van der Waals surface area contributed by atoms with Crippen molar-refractivity contribution in [1.29, 1.82) is 0 Å². The predicted molar refractivity (Wildman–Crippen MR) is 114 cm³/mol. The lowest BCUT2D eigenvalue weighted by atomic mass is 10.0. The van der Waals surface area contributed by atoms with Gasteiger partial charge in [0.2, 0.25) is 5.91 Å². The van der Waals surface area contributed by atoms with Crippen LogP contribution >= 0.6 is 11.3 Å². The van der Waals surface area contributed by atoms with Crippen LogP contribution in [0.25, 0.3) is 11.1 Å². The van der Waals surface area contributed by atoms with Gasteiger partial charge >= 0.3 is 0 Å². The number of carbonyl (C=O) groups is 2. The van der Waals surface area contributed by atoms with Gasteiger partial charge in [0.25, 0.3) is 5.91 Å². The molecule has 2 amide bonds. The van der Waals surface area contributed by atoms with E-state index in [0.29, 0.717) is 23.5 Å². The molecular formula is C22H23N3O2S. The molecule has 3 aromatic rings. The zero-order chi connectivity index (χ0) is 19.9. The highest BCUT2D eigenvalue weighted by molar-refractivity contribution is 7.14. The van der Waals surface area contributed by atoms with E-state index in [1.807, 2.05) is 25.2 Å². The van der Waals surface area contributed by atoms with Gasteiger partial charge in [0, 0.05) is 19.5 Å². The van der Waals surface area contributed by atoms with Gasteiger partial charge in [-0.2, -0.15) is 0 Å². The van der Waals surface area contributed by atoms with Gasteiger partial charge in [-0.3, -0.25) is 9.59 Å². The van der Waals surface area contributed by atoms with Gasteiger partial charge in [-0.25, -0.2) is 0 Å². The third kappa shape index (κ3) is 5.28. The van der Waals surface area contributed by atoms with Gasteiger partial charge in [-0.15, -0.1) is 11.3 Å². The van der Waals surface area contributed by atoms with Crippen LogP contribution in [0.1, 0.15) is 22.3 Å². The number of rotatable bonds is 8. The minimum Gasteiger partial charge on any atom is -0.366 e. The fraction of sp³-hybridized carbons (Fsp3) is 0.182. The van der Waals surface area contributed by atoms with E-state index >= 15 is 0 Å². The Labute approximate surface area is 168 Å². The average Bonchev–Trinajstić information content (AvgIpc) is 3.16. The van der Waals surface area contributed by atoms with Crippen molar-refractivity contribution < 1.29 is 9.59 Å². The van der Waals surface area contributed by atoms with E-state index in [1.165, 1.54) is 28.0 Å². The van der Waals surface area contributed by atoms with Crippen molar-refractivity contribution in [3.63, 3.8) is 0 Å². The molecule has 1 aromatic heterocycles. The van der Waals surface area contributed by atoms with E-state index in [4.69, 9.17) is 5.73 Å². The van der Waals surface area contributed by atoms with Gasteiger partial charge in [0.15, 0.2) is 0 Å². The van der Waals surface area contributed by atoms with Crippen LogP contribution in [0.2, 0.25) is 0 Å². The van der Waals surface area contributed by atoms with Crippen LogP contribution in [0, 0.1) is 0 Å². The molecule has 0 saturated heterocycles. The molecule has 3 rings (SSSR count). The van der Waals surface area contributed by atoms with Gasteiger partial charge < -0.3 is 16.0 Å². The number of nitrogens with two attached hydrogens (primary N) is 1. The number of benzene rings is 2. The first kappa shape index (κ1) is 19.8. The number of carbonyl (C=O) groups excluding carboxylic acids is 2. The zero-order valence-electron chi connectivity index (χ0n) is 15.7. The van der Waals surface area contributed by atoms with Crippen LogP contribution in [0.5, 0.6) is 0 Å². The first-order chi connectivity index (χ1) is 13.5. The normalized spacial score (nSPS) is 10.8. The highest BCUT2D eigenvalue weighted by Crippen LogP contribution is 2.23. The summed E-state index contributed by atoms with van der Waals surface area (Å²) in [5.41, 5.74) is 9.23. The Balaban J connectivity index is 1.49.